The van der Waals surface area contributed by atoms with Crippen LogP contribution in [0.15, 0.2) is 0 Å². The van der Waals surface area contributed by atoms with E-state index in [0.29, 0.717) is 32.5 Å². The van der Waals surface area contributed by atoms with Gasteiger partial charge in [0.1, 0.15) is 5.54 Å². The van der Waals surface area contributed by atoms with Gasteiger partial charge in [-0.25, -0.2) is 9.59 Å². The molecule has 2 saturated heterocycles. The maximum atomic E-state index is 12.8. The van der Waals surface area contributed by atoms with Crippen LogP contribution >= 0.6 is 0 Å². The largest absolute Gasteiger partial charge is 0.479 e. The molecule has 0 radical (unpaired) electrons. The van der Waals surface area contributed by atoms with E-state index in [9.17, 15) is 14.7 Å². The Labute approximate surface area is 126 Å². The van der Waals surface area contributed by atoms with Crippen molar-refractivity contribution in [3.63, 3.8) is 0 Å². The zero-order chi connectivity index (χ0) is 15.6. The Morgan fingerprint density at radius 3 is 2.43 bits per heavy atom. The molecule has 2 heterocycles. The van der Waals surface area contributed by atoms with Gasteiger partial charge in [0, 0.05) is 19.6 Å². The van der Waals surface area contributed by atoms with Gasteiger partial charge >= 0.3 is 12.0 Å². The number of amides is 2. The van der Waals surface area contributed by atoms with Crippen LogP contribution in [0.5, 0.6) is 0 Å². The predicted molar refractivity (Wildman–Crippen MR) is 78.2 cm³/mol. The third-order valence-corrected chi connectivity index (χ3v) is 4.47. The number of rotatable bonds is 3. The van der Waals surface area contributed by atoms with E-state index < -0.39 is 11.5 Å². The highest BCUT2D eigenvalue weighted by Crippen LogP contribution is 2.35. The van der Waals surface area contributed by atoms with Crippen molar-refractivity contribution in [2.24, 2.45) is 0 Å². The molecule has 1 unspecified atom stereocenters. The molecule has 1 N–H and O–H groups in total. The lowest BCUT2D eigenvalue weighted by atomic mass is 9.91. The highest BCUT2D eigenvalue weighted by Gasteiger charge is 2.50. The summed E-state index contributed by atoms with van der Waals surface area (Å²) >= 11 is 0. The van der Waals surface area contributed by atoms with Gasteiger partial charge in [0.15, 0.2) is 0 Å². The van der Waals surface area contributed by atoms with E-state index in [1.54, 1.807) is 9.80 Å². The number of hydrogen-bond acceptors (Lipinski definition) is 3. The summed E-state index contributed by atoms with van der Waals surface area (Å²) in [5.41, 5.74) is -1.02. The summed E-state index contributed by atoms with van der Waals surface area (Å²) in [4.78, 5) is 28.0. The van der Waals surface area contributed by atoms with E-state index in [1.807, 2.05) is 20.8 Å². The predicted octanol–water partition coefficient (Wildman–Crippen LogP) is 1.93. The van der Waals surface area contributed by atoms with Crippen molar-refractivity contribution in [1.29, 1.82) is 0 Å². The highest BCUT2D eigenvalue weighted by molar-refractivity contribution is 5.87. The molecule has 0 aromatic rings. The quantitative estimate of drug-likeness (QED) is 0.864. The maximum Gasteiger partial charge on any atom is 0.329 e. The van der Waals surface area contributed by atoms with Crippen LogP contribution in [-0.2, 0) is 9.53 Å². The SMILES string of the molecule is CCCC1(C(=O)O)CCCN1C(=O)N1C[C@@H](C)O[C@@H](C)C1. The summed E-state index contributed by atoms with van der Waals surface area (Å²) in [6.07, 6.45) is 2.57. The fourth-order valence-corrected chi connectivity index (χ4v) is 3.66. The zero-order valence-electron chi connectivity index (χ0n) is 13.2. The first-order valence-electron chi connectivity index (χ1n) is 7.86. The molecule has 0 aliphatic carbocycles. The van der Waals surface area contributed by atoms with Gasteiger partial charge in [0.05, 0.1) is 12.2 Å². The first-order valence-corrected chi connectivity index (χ1v) is 7.86. The Morgan fingerprint density at radius 2 is 1.90 bits per heavy atom. The van der Waals surface area contributed by atoms with Gasteiger partial charge in [-0.05, 0) is 33.1 Å². The third-order valence-electron chi connectivity index (χ3n) is 4.47. The number of carboxylic acids is 1. The number of ether oxygens (including phenoxy) is 1. The van der Waals surface area contributed by atoms with E-state index in [-0.39, 0.29) is 18.2 Å². The van der Waals surface area contributed by atoms with Crippen LogP contribution in [-0.4, -0.2) is 64.3 Å². The van der Waals surface area contributed by atoms with Crippen molar-refractivity contribution in [2.75, 3.05) is 19.6 Å². The summed E-state index contributed by atoms with van der Waals surface area (Å²) in [7, 11) is 0. The lowest BCUT2D eigenvalue weighted by molar-refractivity contribution is -0.149. The molecule has 0 spiro atoms. The van der Waals surface area contributed by atoms with Crippen molar-refractivity contribution in [3.8, 4) is 0 Å². The third kappa shape index (κ3) is 3.00. The molecular formula is C15H26N2O4. The standard InChI is InChI=1S/C15H26N2O4/c1-4-6-15(13(18)19)7-5-8-17(15)14(20)16-9-11(2)21-12(3)10-16/h11-12H,4-10H2,1-3H3,(H,18,19)/t11-,12+,15?. The van der Waals surface area contributed by atoms with Crippen molar-refractivity contribution in [3.05, 3.63) is 0 Å². The highest BCUT2D eigenvalue weighted by atomic mass is 16.5. The zero-order valence-corrected chi connectivity index (χ0v) is 13.2. The van der Waals surface area contributed by atoms with Crippen LogP contribution in [0, 0.1) is 0 Å². The van der Waals surface area contributed by atoms with Gasteiger partial charge in [0.2, 0.25) is 0 Å². The van der Waals surface area contributed by atoms with E-state index in [0.717, 1.165) is 12.8 Å². The number of carbonyl (C=O) groups is 2. The number of aliphatic carboxylic acids is 1. The lowest BCUT2D eigenvalue weighted by Crippen LogP contribution is -2.59. The van der Waals surface area contributed by atoms with Crippen molar-refractivity contribution >= 4 is 12.0 Å². The number of hydrogen-bond donors (Lipinski definition) is 1. The molecule has 2 fully saturated rings. The molecule has 2 aliphatic heterocycles. The molecule has 0 aromatic heterocycles. The van der Waals surface area contributed by atoms with Gasteiger partial charge in [-0.1, -0.05) is 13.3 Å². The Hall–Kier alpha value is -1.30. The Bertz CT molecular complexity index is 404. The van der Waals surface area contributed by atoms with Crippen LogP contribution < -0.4 is 0 Å². The maximum absolute atomic E-state index is 12.8. The Morgan fingerprint density at radius 1 is 1.29 bits per heavy atom. The Kier molecular flexibility index (Phi) is 4.76. The van der Waals surface area contributed by atoms with E-state index in [1.165, 1.54) is 0 Å². The average molecular weight is 298 g/mol. The van der Waals surface area contributed by atoms with Gasteiger partial charge in [-0.2, -0.15) is 0 Å². The minimum atomic E-state index is -1.02. The number of carboxylic acid groups (broad SMARTS) is 1. The van der Waals surface area contributed by atoms with Gasteiger partial charge in [-0.3, -0.25) is 0 Å². The summed E-state index contributed by atoms with van der Waals surface area (Å²) in [6, 6.07) is -0.148. The molecule has 2 amide bonds. The van der Waals surface area contributed by atoms with Gasteiger partial charge in [-0.15, -0.1) is 0 Å². The lowest BCUT2D eigenvalue weighted by Gasteiger charge is -2.41. The van der Waals surface area contributed by atoms with E-state index >= 15 is 0 Å². The van der Waals surface area contributed by atoms with Crippen molar-refractivity contribution < 1.29 is 19.4 Å². The van der Waals surface area contributed by atoms with Crippen LogP contribution in [0.1, 0.15) is 46.5 Å². The molecule has 0 bridgehead atoms. The molecular weight excluding hydrogens is 272 g/mol. The molecule has 120 valence electrons. The fourth-order valence-electron chi connectivity index (χ4n) is 3.66. The molecule has 21 heavy (non-hydrogen) atoms. The second-order valence-electron chi connectivity index (χ2n) is 6.29. The Balaban J connectivity index is 2.18. The first kappa shape index (κ1) is 16.1. The second-order valence-corrected chi connectivity index (χ2v) is 6.29. The monoisotopic (exact) mass is 298 g/mol. The van der Waals surface area contributed by atoms with Crippen molar-refractivity contribution in [2.45, 2.75) is 64.2 Å². The van der Waals surface area contributed by atoms with Gasteiger partial charge in [0.25, 0.3) is 0 Å². The average Bonchev–Trinajstić information content (AvgIpc) is 2.82. The van der Waals surface area contributed by atoms with Gasteiger partial charge < -0.3 is 19.6 Å². The molecule has 2 rings (SSSR count). The van der Waals surface area contributed by atoms with Crippen LogP contribution in [0.25, 0.3) is 0 Å². The number of nitrogens with zero attached hydrogens (tertiary/aromatic N) is 2. The molecule has 6 nitrogen and oxygen atoms in total. The molecule has 0 saturated carbocycles. The number of morpholine rings is 1. The van der Waals surface area contributed by atoms with E-state index in [2.05, 4.69) is 0 Å². The topological polar surface area (TPSA) is 70.1 Å². The smallest absolute Gasteiger partial charge is 0.329 e. The van der Waals surface area contributed by atoms with Crippen LogP contribution in [0.4, 0.5) is 4.79 Å². The molecule has 3 atom stereocenters. The molecule has 2 aliphatic rings. The number of likely N-dealkylation sites (tertiary alicyclic amines) is 1. The molecule has 0 aromatic carbocycles. The summed E-state index contributed by atoms with van der Waals surface area (Å²) < 4.78 is 5.65. The normalized spacial score (nSPS) is 33.3. The van der Waals surface area contributed by atoms with E-state index in [4.69, 9.17) is 4.74 Å². The van der Waals surface area contributed by atoms with Crippen molar-refractivity contribution in [1.82, 2.24) is 9.80 Å². The van der Waals surface area contributed by atoms with Crippen LogP contribution in [0.3, 0.4) is 0 Å². The van der Waals surface area contributed by atoms with Crippen LogP contribution in [0.2, 0.25) is 0 Å². The summed E-state index contributed by atoms with van der Waals surface area (Å²) in [5, 5.41) is 9.68. The second kappa shape index (κ2) is 6.22. The number of carbonyl (C=O) groups excluding carboxylic acids is 1. The minimum Gasteiger partial charge on any atom is -0.479 e. The fraction of sp³-hybridized carbons (Fsp3) is 0.867. The first-order chi connectivity index (χ1) is 9.90. The summed E-state index contributed by atoms with van der Waals surface area (Å²) in [5.74, 6) is -0.871. The summed E-state index contributed by atoms with van der Waals surface area (Å²) in [6.45, 7) is 7.44. The molecule has 6 heteroatoms. The number of urea groups is 1. The minimum absolute atomic E-state index is 0.00861.